The van der Waals surface area contributed by atoms with Crippen LogP contribution in [0.1, 0.15) is 32.6 Å². The first-order chi connectivity index (χ1) is 3.93. The van der Waals surface area contributed by atoms with Gasteiger partial charge in [-0.25, -0.2) is 0 Å². The average Bonchev–Trinajstić information content (AvgIpc) is 1.90. The SMILES string of the molecule is CC[C@@H]1CCCC=N1. The summed E-state index contributed by atoms with van der Waals surface area (Å²) in [5, 5.41) is 0. The van der Waals surface area contributed by atoms with E-state index in [1.807, 2.05) is 0 Å². The Hall–Kier alpha value is -0.330. The third kappa shape index (κ3) is 1.32. The highest BCUT2D eigenvalue weighted by molar-refractivity contribution is 5.58. The molecule has 0 spiro atoms. The summed E-state index contributed by atoms with van der Waals surface area (Å²) in [6, 6.07) is 0.656. The molecule has 1 aliphatic heterocycles. The molecule has 0 saturated heterocycles. The van der Waals surface area contributed by atoms with Gasteiger partial charge in [-0.15, -0.1) is 0 Å². The second-order valence-electron chi connectivity index (χ2n) is 2.32. The third-order valence-corrected chi connectivity index (χ3v) is 1.66. The van der Waals surface area contributed by atoms with Gasteiger partial charge in [-0.1, -0.05) is 6.92 Å². The highest BCUT2D eigenvalue weighted by Crippen LogP contribution is 2.11. The van der Waals surface area contributed by atoms with E-state index in [1.54, 1.807) is 0 Å². The number of aliphatic imine (C=N–C) groups is 1. The van der Waals surface area contributed by atoms with Gasteiger partial charge in [0, 0.05) is 6.04 Å². The van der Waals surface area contributed by atoms with Gasteiger partial charge in [-0.3, -0.25) is 4.99 Å². The lowest BCUT2D eigenvalue weighted by Crippen LogP contribution is -2.06. The molecule has 0 aliphatic carbocycles. The Morgan fingerprint density at radius 3 is 3.00 bits per heavy atom. The summed E-state index contributed by atoms with van der Waals surface area (Å²) in [5.41, 5.74) is 0. The van der Waals surface area contributed by atoms with Gasteiger partial charge < -0.3 is 0 Å². The van der Waals surface area contributed by atoms with E-state index in [0.29, 0.717) is 6.04 Å². The maximum Gasteiger partial charge on any atom is 0.0493 e. The Labute approximate surface area is 50.8 Å². The summed E-state index contributed by atoms with van der Waals surface area (Å²) in [6.07, 6.45) is 7.15. The quantitative estimate of drug-likeness (QED) is 0.491. The Morgan fingerprint density at radius 1 is 1.75 bits per heavy atom. The van der Waals surface area contributed by atoms with Gasteiger partial charge in [0.15, 0.2) is 0 Å². The lowest BCUT2D eigenvalue weighted by molar-refractivity contribution is 0.561. The highest BCUT2D eigenvalue weighted by atomic mass is 14.8. The van der Waals surface area contributed by atoms with Crippen LogP contribution in [0.4, 0.5) is 0 Å². The molecule has 0 amide bonds. The molecule has 0 saturated carbocycles. The van der Waals surface area contributed by atoms with Crippen molar-refractivity contribution in [2.75, 3.05) is 0 Å². The molecule has 8 heavy (non-hydrogen) atoms. The molecule has 1 rings (SSSR count). The van der Waals surface area contributed by atoms with Crippen LogP contribution in [0.2, 0.25) is 0 Å². The van der Waals surface area contributed by atoms with E-state index in [0.717, 1.165) is 0 Å². The van der Waals surface area contributed by atoms with Crippen LogP contribution in [0, 0.1) is 0 Å². The summed E-state index contributed by atoms with van der Waals surface area (Å²) < 4.78 is 0. The monoisotopic (exact) mass is 111 g/mol. The largest absolute Gasteiger partial charge is 0.294 e. The third-order valence-electron chi connectivity index (χ3n) is 1.66. The standard InChI is InChI=1S/C7H13N/c1-2-7-5-3-4-6-8-7/h6-7H,2-5H2,1H3/t7-/m1/s1. The van der Waals surface area contributed by atoms with Crippen LogP contribution in [-0.4, -0.2) is 12.3 Å². The van der Waals surface area contributed by atoms with Gasteiger partial charge >= 0.3 is 0 Å². The molecule has 0 radical (unpaired) electrons. The van der Waals surface area contributed by atoms with E-state index in [2.05, 4.69) is 18.1 Å². The van der Waals surface area contributed by atoms with E-state index in [9.17, 15) is 0 Å². The van der Waals surface area contributed by atoms with Crippen LogP contribution in [0.15, 0.2) is 4.99 Å². The smallest absolute Gasteiger partial charge is 0.0493 e. The maximum absolute atomic E-state index is 4.32. The van der Waals surface area contributed by atoms with Crippen molar-refractivity contribution in [1.29, 1.82) is 0 Å². The Kier molecular flexibility index (Phi) is 2.07. The Balaban J connectivity index is 2.32. The lowest BCUT2D eigenvalue weighted by atomic mass is 10.1. The van der Waals surface area contributed by atoms with E-state index in [1.165, 1.54) is 25.7 Å². The predicted octanol–water partition coefficient (Wildman–Crippen LogP) is 2.02. The first kappa shape index (κ1) is 5.80. The van der Waals surface area contributed by atoms with E-state index >= 15 is 0 Å². The molecule has 0 fully saturated rings. The lowest BCUT2D eigenvalue weighted by Gasteiger charge is -2.11. The summed E-state index contributed by atoms with van der Waals surface area (Å²) >= 11 is 0. The average molecular weight is 111 g/mol. The molecule has 1 nitrogen and oxygen atoms in total. The van der Waals surface area contributed by atoms with Crippen molar-refractivity contribution in [1.82, 2.24) is 0 Å². The van der Waals surface area contributed by atoms with Crippen LogP contribution < -0.4 is 0 Å². The van der Waals surface area contributed by atoms with Crippen LogP contribution in [0.3, 0.4) is 0 Å². The van der Waals surface area contributed by atoms with Crippen molar-refractivity contribution in [3.05, 3.63) is 0 Å². The molecule has 0 unspecified atom stereocenters. The van der Waals surface area contributed by atoms with Gasteiger partial charge in [0.2, 0.25) is 0 Å². The van der Waals surface area contributed by atoms with Crippen LogP contribution in [-0.2, 0) is 0 Å². The van der Waals surface area contributed by atoms with Gasteiger partial charge in [-0.2, -0.15) is 0 Å². The first-order valence-electron chi connectivity index (χ1n) is 3.45. The summed E-state index contributed by atoms with van der Waals surface area (Å²) in [5.74, 6) is 0. The number of hydrogen-bond acceptors (Lipinski definition) is 1. The molecule has 0 aromatic carbocycles. The molecule has 1 atom stereocenters. The fourth-order valence-corrected chi connectivity index (χ4v) is 1.05. The topological polar surface area (TPSA) is 12.4 Å². The summed E-state index contributed by atoms with van der Waals surface area (Å²) in [7, 11) is 0. The van der Waals surface area contributed by atoms with Gasteiger partial charge in [0.25, 0.3) is 0 Å². The molecular formula is C7H13N. The van der Waals surface area contributed by atoms with Crippen molar-refractivity contribution < 1.29 is 0 Å². The minimum Gasteiger partial charge on any atom is -0.294 e. The Morgan fingerprint density at radius 2 is 2.62 bits per heavy atom. The normalized spacial score (nSPS) is 28.4. The molecule has 1 heteroatoms. The molecule has 0 aromatic rings. The Bertz CT molecular complexity index is 86.4. The predicted molar refractivity (Wildman–Crippen MR) is 36.4 cm³/mol. The first-order valence-corrected chi connectivity index (χ1v) is 3.45. The molecule has 0 N–H and O–H groups in total. The van der Waals surface area contributed by atoms with Gasteiger partial charge in [-0.05, 0) is 31.9 Å². The zero-order chi connectivity index (χ0) is 5.82. The number of hydrogen-bond donors (Lipinski definition) is 0. The van der Waals surface area contributed by atoms with Crippen molar-refractivity contribution >= 4 is 6.21 Å². The van der Waals surface area contributed by atoms with Crippen LogP contribution >= 0.6 is 0 Å². The number of nitrogens with zero attached hydrogens (tertiary/aromatic N) is 1. The molecule has 0 aromatic heterocycles. The van der Waals surface area contributed by atoms with Crippen LogP contribution in [0.25, 0.3) is 0 Å². The minimum atomic E-state index is 0.656. The fourth-order valence-electron chi connectivity index (χ4n) is 1.05. The van der Waals surface area contributed by atoms with Gasteiger partial charge in [0.05, 0.1) is 0 Å². The molecule has 1 aliphatic rings. The van der Waals surface area contributed by atoms with Crippen molar-refractivity contribution in [2.24, 2.45) is 4.99 Å². The maximum atomic E-state index is 4.32. The van der Waals surface area contributed by atoms with Crippen molar-refractivity contribution in [2.45, 2.75) is 38.6 Å². The van der Waals surface area contributed by atoms with E-state index < -0.39 is 0 Å². The number of rotatable bonds is 1. The van der Waals surface area contributed by atoms with E-state index in [4.69, 9.17) is 0 Å². The minimum absolute atomic E-state index is 0.656. The van der Waals surface area contributed by atoms with Crippen molar-refractivity contribution in [3.63, 3.8) is 0 Å². The summed E-state index contributed by atoms with van der Waals surface area (Å²) in [4.78, 5) is 4.32. The zero-order valence-corrected chi connectivity index (χ0v) is 5.43. The zero-order valence-electron chi connectivity index (χ0n) is 5.43. The molecular weight excluding hydrogens is 98.1 g/mol. The molecule has 46 valence electrons. The van der Waals surface area contributed by atoms with Gasteiger partial charge in [0.1, 0.15) is 0 Å². The van der Waals surface area contributed by atoms with E-state index in [-0.39, 0.29) is 0 Å². The fraction of sp³-hybridized carbons (Fsp3) is 0.857. The van der Waals surface area contributed by atoms with Crippen molar-refractivity contribution in [3.8, 4) is 0 Å². The van der Waals surface area contributed by atoms with Crippen LogP contribution in [0.5, 0.6) is 0 Å². The second kappa shape index (κ2) is 2.85. The molecule has 0 bridgehead atoms. The molecule has 1 heterocycles. The summed E-state index contributed by atoms with van der Waals surface area (Å²) in [6.45, 7) is 2.20. The second-order valence-corrected chi connectivity index (χ2v) is 2.32. The highest BCUT2D eigenvalue weighted by Gasteiger charge is 2.04.